The van der Waals surface area contributed by atoms with Crippen LogP contribution in [-0.2, 0) is 22.6 Å². The van der Waals surface area contributed by atoms with Gasteiger partial charge in [0.2, 0.25) is 5.91 Å². The third kappa shape index (κ3) is 3.82. The molecule has 0 aromatic heterocycles. The average Bonchev–Trinajstić information content (AvgIpc) is 3.28. The topological polar surface area (TPSA) is 79.0 Å². The number of carbonyl (C=O) groups excluding carboxylic acids is 3. The summed E-state index contributed by atoms with van der Waals surface area (Å²) in [7, 11) is 0. The second kappa shape index (κ2) is 8.05. The van der Waals surface area contributed by atoms with Gasteiger partial charge in [-0.2, -0.15) is 0 Å². The molecule has 0 atom stereocenters. The summed E-state index contributed by atoms with van der Waals surface area (Å²) in [5.74, 6) is 0.794. The summed E-state index contributed by atoms with van der Waals surface area (Å²) in [5, 5.41) is 2.89. The van der Waals surface area contributed by atoms with Crippen molar-refractivity contribution in [1.82, 2.24) is 15.1 Å². The molecule has 7 nitrogen and oxygen atoms in total. The van der Waals surface area contributed by atoms with Crippen LogP contribution in [0.2, 0.25) is 0 Å². The van der Waals surface area contributed by atoms with Crippen LogP contribution >= 0.6 is 0 Å². The van der Waals surface area contributed by atoms with Gasteiger partial charge in [-0.05, 0) is 55.9 Å². The number of hydrogen-bond donors (Lipinski definition) is 1. The zero-order valence-corrected chi connectivity index (χ0v) is 17.0. The highest BCUT2D eigenvalue weighted by Gasteiger charge is 2.52. The third-order valence-corrected chi connectivity index (χ3v) is 6.33. The molecule has 2 fully saturated rings. The Balaban J connectivity index is 1.30. The van der Waals surface area contributed by atoms with E-state index >= 15 is 0 Å². The molecule has 1 saturated carbocycles. The van der Waals surface area contributed by atoms with Gasteiger partial charge in [-0.15, -0.1) is 0 Å². The molecule has 3 aliphatic rings. The van der Waals surface area contributed by atoms with Gasteiger partial charge in [0.05, 0.1) is 6.61 Å². The summed E-state index contributed by atoms with van der Waals surface area (Å²) in [5.41, 5.74) is 1.72. The van der Waals surface area contributed by atoms with E-state index in [2.05, 4.69) is 11.4 Å². The molecule has 0 unspecified atom stereocenters. The summed E-state index contributed by atoms with van der Waals surface area (Å²) in [6.07, 6.45) is 5.07. The van der Waals surface area contributed by atoms with Gasteiger partial charge in [0.1, 0.15) is 11.3 Å². The van der Waals surface area contributed by atoms with E-state index in [-0.39, 0.29) is 17.8 Å². The molecule has 1 spiro atoms. The number of fused-ring (bicyclic) bond motifs is 1. The largest absolute Gasteiger partial charge is 0.494 e. The minimum atomic E-state index is -0.671. The lowest BCUT2D eigenvalue weighted by Crippen LogP contribution is -2.44. The lowest BCUT2D eigenvalue weighted by atomic mass is 9.98. The average molecular weight is 399 g/mol. The fourth-order valence-corrected chi connectivity index (χ4v) is 4.75. The maximum absolute atomic E-state index is 12.7. The maximum atomic E-state index is 12.7. The molecule has 0 bridgehead atoms. The van der Waals surface area contributed by atoms with Crippen LogP contribution in [0.5, 0.6) is 5.75 Å². The quantitative estimate of drug-likeness (QED) is 0.746. The Morgan fingerprint density at radius 1 is 1.21 bits per heavy atom. The van der Waals surface area contributed by atoms with Crippen molar-refractivity contribution < 1.29 is 19.1 Å². The zero-order valence-electron chi connectivity index (χ0n) is 17.0. The van der Waals surface area contributed by atoms with E-state index < -0.39 is 5.54 Å². The minimum absolute atomic E-state index is 0.0695. The first-order valence-corrected chi connectivity index (χ1v) is 10.7. The molecular weight excluding hydrogens is 370 g/mol. The first kappa shape index (κ1) is 19.7. The van der Waals surface area contributed by atoms with Crippen LogP contribution in [0.25, 0.3) is 0 Å². The van der Waals surface area contributed by atoms with E-state index in [0.29, 0.717) is 39.1 Å². The molecule has 7 heteroatoms. The van der Waals surface area contributed by atoms with Crippen molar-refractivity contribution in [1.29, 1.82) is 0 Å². The second-order valence-electron chi connectivity index (χ2n) is 8.21. The fraction of sp³-hybridized carbons (Fsp3) is 0.591. The number of nitrogens with one attached hydrogen (secondary N) is 1. The van der Waals surface area contributed by atoms with Crippen molar-refractivity contribution >= 4 is 17.8 Å². The Morgan fingerprint density at radius 3 is 2.76 bits per heavy atom. The van der Waals surface area contributed by atoms with Crippen molar-refractivity contribution in [2.45, 2.75) is 64.0 Å². The maximum Gasteiger partial charge on any atom is 0.325 e. The Hall–Kier alpha value is -2.57. The number of rotatable bonds is 6. The SMILES string of the molecule is CCOc1ccc2c(c1)CN(C(=O)CCCN1C(=O)NC3(CCCC3)C1=O)CC2. The van der Waals surface area contributed by atoms with Crippen molar-refractivity contribution in [2.24, 2.45) is 0 Å². The number of nitrogens with zero attached hydrogens (tertiary/aromatic N) is 2. The van der Waals surface area contributed by atoms with Crippen molar-refractivity contribution in [3.63, 3.8) is 0 Å². The summed E-state index contributed by atoms with van der Waals surface area (Å²) >= 11 is 0. The standard InChI is InChI=1S/C22H29N3O4/c1-2-29-18-8-7-16-9-13-24(15-17(16)14-18)19(26)6-5-12-25-20(27)22(23-21(25)28)10-3-4-11-22/h7-8,14H,2-6,9-13,15H2,1H3,(H,23,28). The normalized spacial score (nSPS) is 20.2. The van der Waals surface area contributed by atoms with E-state index in [9.17, 15) is 14.4 Å². The highest BCUT2D eigenvalue weighted by molar-refractivity contribution is 6.07. The number of urea groups is 1. The zero-order chi connectivity index (χ0) is 20.4. The molecule has 1 saturated heterocycles. The molecule has 1 aliphatic carbocycles. The van der Waals surface area contributed by atoms with Crippen LogP contribution in [0.1, 0.15) is 56.6 Å². The predicted octanol–water partition coefficient (Wildman–Crippen LogP) is 2.61. The van der Waals surface area contributed by atoms with Gasteiger partial charge in [-0.25, -0.2) is 4.79 Å². The Labute approximate surface area is 171 Å². The van der Waals surface area contributed by atoms with Crippen molar-refractivity contribution in [3.8, 4) is 5.75 Å². The number of hydrogen-bond acceptors (Lipinski definition) is 4. The molecule has 1 aromatic rings. The highest BCUT2D eigenvalue weighted by Crippen LogP contribution is 2.35. The smallest absolute Gasteiger partial charge is 0.325 e. The number of ether oxygens (including phenoxy) is 1. The molecule has 2 aliphatic heterocycles. The van der Waals surface area contributed by atoms with Crippen LogP contribution in [0, 0.1) is 0 Å². The molecule has 0 radical (unpaired) electrons. The van der Waals surface area contributed by atoms with Crippen LogP contribution in [0.3, 0.4) is 0 Å². The summed E-state index contributed by atoms with van der Waals surface area (Å²) < 4.78 is 5.57. The molecule has 29 heavy (non-hydrogen) atoms. The first-order chi connectivity index (χ1) is 14.0. The van der Waals surface area contributed by atoms with Gasteiger partial charge in [0.25, 0.3) is 5.91 Å². The number of amides is 4. The van der Waals surface area contributed by atoms with E-state index in [4.69, 9.17) is 4.74 Å². The molecule has 1 aromatic carbocycles. The van der Waals surface area contributed by atoms with Gasteiger partial charge >= 0.3 is 6.03 Å². The van der Waals surface area contributed by atoms with Crippen molar-refractivity contribution in [2.75, 3.05) is 19.7 Å². The minimum Gasteiger partial charge on any atom is -0.494 e. The Morgan fingerprint density at radius 2 is 2.00 bits per heavy atom. The van der Waals surface area contributed by atoms with E-state index in [0.717, 1.165) is 43.4 Å². The van der Waals surface area contributed by atoms with E-state index in [1.54, 1.807) is 0 Å². The summed E-state index contributed by atoms with van der Waals surface area (Å²) in [6, 6.07) is 5.78. The number of carbonyl (C=O) groups is 3. The van der Waals surface area contributed by atoms with Crippen LogP contribution in [0.15, 0.2) is 18.2 Å². The molecule has 1 N–H and O–H groups in total. The van der Waals surface area contributed by atoms with Gasteiger partial charge in [-0.1, -0.05) is 18.9 Å². The summed E-state index contributed by atoms with van der Waals surface area (Å²) in [4.78, 5) is 40.8. The number of imide groups is 1. The molecule has 2 heterocycles. The van der Waals surface area contributed by atoms with Crippen LogP contribution < -0.4 is 10.1 Å². The van der Waals surface area contributed by atoms with E-state index in [1.807, 2.05) is 24.0 Å². The molecule has 156 valence electrons. The molecule has 4 amide bonds. The number of benzene rings is 1. The van der Waals surface area contributed by atoms with Crippen LogP contribution in [0.4, 0.5) is 4.79 Å². The predicted molar refractivity (Wildman–Crippen MR) is 107 cm³/mol. The molecule has 4 rings (SSSR count). The fourth-order valence-electron chi connectivity index (χ4n) is 4.75. The van der Waals surface area contributed by atoms with Gasteiger partial charge < -0.3 is 15.0 Å². The van der Waals surface area contributed by atoms with E-state index in [1.165, 1.54) is 10.5 Å². The molecular formula is C22H29N3O4. The van der Waals surface area contributed by atoms with Crippen molar-refractivity contribution in [3.05, 3.63) is 29.3 Å². The monoisotopic (exact) mass is 399 g/mol. The lowest BCUT2D eigenvalue weighted by Gasteiger charge is -2.29. The Kier molecular flexibility index (Phi) is 5.48. The third-order valence-electron chi connectivity index (χ3n) is 6.33. The van der Waals surface area contributed by atoms with Gasteiger partial charge in [-0.3, -0.25) is 14.5 Å². The summed E-state index contributed by atoms with van der Waals surface area (Å²) in [6.45, 7) is 4.16. The lowest BCUT2D eigenvalue weighted by molar-refractivity contribution is -0.134. The van der Waals surface area contributed by atoms with Gasteiger partial charge in [0, 0.05) is 26.1 Å². The van der Waals surface area contributed by atoms with Crippen LogP contribution in [-0.4, -0.2) is 52.9 Å². The van der Waals surface area contributed by atoms with Gasteiger partial charge in [0.15, 0.2) is 0 Å². The highest BCUT2D eigenvalue weighted by atomic mass is 16.5. The Bertz CT molecular complexity index is 816. The second-order valence-corrected chi connectivity index (χ2v) is 8.21. The first-order valence-electron chi connectivity index (χ1n) is 10.7.